The smallest absolute Gasteiger partial charge is 0.142 e. The van der Waals surface area contributed by atoms with Gasteiger partial charge in [-0.3, -0.25) is 0 Å². The summed E-state index contributed by atoms with van der Waals surface area (Å²) in [5, 5.41) is 13.8. The van der Waals surface area contributed by atoms with Crippen LogP contribution in [-0.2, 0) is 0 Å². The average Bonchev–Trinajstić information content (AvgIpc) is 2.84. The lowest BCUT2D eigenvalue weighted by molar-refractivity contribution is 0.480. The Hall–Kier alpha value is -2.07. The van der Waals surface area contributed by atoms with Crippen LogP contribution in [0.3, 0.4) is 0 Å². The van der Waals surface area contributed by atoms with Crippen LogP contribution in [-0.4, -0.2) is 17.1 Å². The molecule has 3 nitrogen and oxygen atoms in total. The summed E-state index contributed by atoms with van der Waals surface area (Å²) in [7, 11) is 1.89. The first-order valence-electron chi connectivity index (χ1n) is 5.64. The van der Waals surface area contributed by atoms with Crippen molar-refractivity contribution >= 4 is 27.2 Å². The van der Waals surface area contributed by atoms with E-state index in [1.165, 1.54) is 0 Å². The second-order valence-electron chi connectivity index (χ2n) is 3.97. The minimum Gasteiger partial charge on any atom is -0.506 e. The molecule has 1 heterocycles. The molecule has 3 aromatic rings. The molecule has 0 spiro atoms. The van der Waals surface area contributed by atoms with Crippen molar-refractivity contribution in [2.24, 2.45) is 0 Å². The molecule has 1 aromatic heterocycles. The number of thiazole rings is 1. The number of rotatable bonds is 2. The maximum Gasteiger partial charge on any atom is 0.142 e. The van der Waals surface area contributed by atoms with Crippen molar-refractivity contribution in [3.05, 3.63) is 42.5 Å². The predicted molar refractivity (Wildman–Crippen MR) is 76.3 cm³/mol. The minimum absolute atomic E-state index is 0.238. The van der Waals surface area contributed by atoms with Gasteiger partial charge in [0.25, 0.3) is 0 Å². The summed E-state index contributed by atoms with van der Waals surface area (Å²) in [6.07, 6.45) is 0. The Bertz CT molecular complexity index is 689. The number of nitrogens with one attached hydrogen (secondary N) is 1. The highest BCUT2D eigenvalue weighted by molar-refractivity contribution is 7.21. The number of phenols is 1. The summed E-state index contributed by atoms with van der Waals surface area (Å²) in [5.41, 5.74) is 2.81. The third kappa shape index (κ3) is 1.80. The normalized spacial score (nSPS) is 10.7. The van der Waals surface area contributed by atoms with E-state index in [0.29, 0.717) is 5.52 Å². The Morgan fingerprint density at radius 2 is 1.89 bits per heavy atom. The van der Waals surface area contributed by atoms with Gasteiger partial charge in [0.05, 0.1) is 4.70 Å². The Morgan fingerprint density at radius 1 is 1.11 bits per heavy atom. The van der Waals surface area contributed by atoms with E-state index in [9.17, 15) is 5.11 Å². The molecule has 0 fully saturated rings. The summed E-state index contributed by atoms with van der Waals surface area (Å²) in [4.78, 5) is 4.49. The number of benzene rings is 2. The monoisotopic (exact) mass is 255 g/mol. The van der Waals surface area contributed by atoms with Crippen LogP contribution in [0.1, 0.15) is 0 Å². The predicted octanol–water partition coefficient (Wildman–Crippen LogP) is 3.71. The van der Waals surface area contributed by atoms with Gasteiger partial charge in [0.1, 0.15) is 16.3 Å². The van der Waals surface area contributed by atoms with Gasteiger partial charge in [0, 0.05) is 18.3 Å². The van der Waals surface area contributed by atoms with Gasteiger partial charge in [-0.05, 0) is 36.4 Å². The van der Waals surface area contributed by atoms with E-state index in [2.05, 4.69) is 10.3 Å². The summed E-state index contributed by atoms with van der Waals surface area (Å²) in [5.74, 6) is 0.238. The van der Waals surface area contributed by atoms with E-state index < -0.39 is 0 Å². The minimum atomic E-state index is 0.238. The van der Waals surface area contributed by atoms with Gasteiger partial charge >= 0.3 is 0 Å². The highest BCUT2D eigenvalue weighted by Crippen LogP contribution is 2.34. The summed E-state index contributed by atoms with van der Waals surface area (Å²) in [6, 6.07) is 13.6. The fraction of sp³-hybridized carbons (Fsp3) is 0.0714. The number of phenolic OH excluding ortho intramolecular Hbond substituents is 1. The first-order valence-corrected chi connectivity index (χ1v) is 6.46. The third-order valence-electron chi connectivity index (χ3n) is 2.82. The van der Waals surface area contributed by atoms with Crippen LogP contribution in [0, 0.1) is 0 Å². The summed E-state index contributed by atoms with van der Waals surface area (Å²) in [6.45, 7) is 0. The van der Waals surface area contributed by atoms with Crippen molar-refractivity contribution in [1.29, 1.82) is 0 Å². The van der Waals surface area contributed by atoms with Crippen LogP contribution in [0.2, 0.25) is 0 Å². The number of hydrogen-bond donors (Lipinski definition) is 2. The molecule has 3 rings (SSSR count). The van der Waals surface area contributed by atoms with Gasteiger partial charge in [-0.1, -0.05) is 6.07 Å². The molecule has 2 aromatic carbocycles. The zero-order valence-corrected chi connectivity index (χ0v) is 10.7. The van der Waals surface area contributed by atoms with Crippen LogP contribution in [0.5, 0.6) is 5.75 Å². The quantitative estimate of drug-likeness (QED) is 0.733. The number of aromatic hydroxyl groups is 1. The molecule has 0 aliphatic heterocycles. The van der Waals surface area contributed by atoms with E-state index in [-0.39, 0.29) is 5.75 Å². The lowest BCUT2D eigenvalue weighted by Gasteiger charge is -2.00. The number of anilines is 1. The van der Waals surface area contributed by atoms with Crippen molar-refractivity contribution in [1.82, 2.24) is 4.98 Å². The maximum atomic E-state index is 9.75. The van der Waals surface area contributed by atoms with Crippen LogP contribution < -0.4 is 5.32 Å². The van der Waals surface area contributed by atoms with Crippen molar-refractivity contribution < 1.29 is 5.11 Å². The summed E-state index contributed by atoms with van der Waals surface area (Å²) < 4.78 is 1.00. The molecule has 4 heteroatoms. The van der Waals surface area contributed by atoms with Gasteiger partial charge in [0.2, 0.25) is 0 Å². The van der Waals surface area contributed by atoms with Crippen LogP contribution in [0.15, 0.2) is 42.5 Å². The SMILES string of the molecule is [11CH3]Nc1ccc(-c2nc3c(O)cccc3s2)cc1. The lowest BCUT2D eigenvalue weighted by Crippen LogP contribution is -1.86. The first kappa shape index (κ1) is 11.0. The second kappa shape index (κ2) is 4.31. The average molecular weight is 255 g/mol. The first-order chi connectivity index (χ1) is 8.78. The molecular weight excluding hydrogens is 243 g/mol. The number of para-hydroxylation sites is 1. The highest BCUT2D eigenvalue weighted by Gasteiger charge is 2.08. The zero-order chi connectivity index (χ0) is 12.5. The van der Waals surface area contributed by atoms with Crippen molar-refractivity contribution in [2.75, 3.05) is 12.4 Å². The molecule has 18 heavy (non-hydrogen) atoms. The zero-order valence-electron chi connectivity index (χ0n) is 9.84. The van der Waals surface area contributed by atoms with Gasteiger partial charge in [0.15, 0.2) is 0 Å². The standard InChI is InChI=1S/C14H12N2OS/c1-15-10-7-5-9(6-8-10)14-16-13-11(17)3-2-4-12(13)18-14/h2-8,15,17H,1H3/i1-1. The molecule has 0 aliphatic rings. The molecule has 90 valence electrons. The van der Waals surface area contributed by atoms with Crippen molar-refractivity contribution in [3.63, 3.8) is 0 Å². The Kier molecular flexibility index (Phi) is 2.64. The van der Waals surface area contributed by atoms with Gasteiger partial charge in [-0.15, -0.1) is 11.3 Å². The molecule has 0 saturated carbocycles. The number of aromatic nitrogens is 1. The van der Waals surface area contributed by atoms with E-state index in [1.54, 1.807) is 17.4 Å². The lowest BCUT2D eigenvalue weighted by atomic mass is 10.2. The Morgan fingerprint density at radius 3 is 2.56 bits per heavy atom. The van der Waals surface area contributed by atoms with Gasteiger partial charge < -0.3 is 10.4 Å². The molecule has 0 amide bonds. The molecule has 0 bridgehead atoms. The molecular formula is C14H12N2OS. The Labute approximate surface area is 109 Å². The number of hydrogen-bond acceptors (Lipinski definition) is 4. The summed E-state index contributed by atoms with van der Waals surface area (Å²) >= 11 is 1.59. The van der Waals surface area contributed by atoms with E-state index in [1.807, 2.05) is 43.4 Å². The fourth-order valence-electron chi connectivity index (χ4n) is 1.84. The van der Waals surface area contributed by atoms with Gasteiger partial charge in [-0.2, -0.15) is 0 Å². The number of nitrogens with zero attached hydrogens (tertiary/aromatic N) is 1. The molecule has 0 atom stereocenters. The van der Waals surface area contributed by atoms with E-state index >= 15 is 0 Å². The molecule has 0 aliphatic carbocycles. The third-order valence-corrected chi connectivity index (χ3v) is 3.89. The second-order valence-corrected chi connectivity index (χ2v) is 5.00. The van der Waals surface area contributed by atoms with Crippen molar-refractivity contribution in [3.8, 4) is 16.3 Å². The van der Waals surface area contributed by atoms with Gasteiger partial charge in [-0.25, -0.2) is 4.98 Å². The van der Waals surface area contributed by atoms with Crippen LogP contribution in [0.4, 0.5) is 5.69 Å². The largest absolute Gasteiger partial charge is 0.506 e. The van der Waals surface area contributed by atoms with E-state index in [0.717, 1.165) is 21.0 Å². The molecule has 0 radical (unpaired) electrons. The maximum absolute atomic E-state index is 9.75. The van der Waals surface area contributed by atoms with Crippen LogP contribution >= 0.6 is 11.3 Å². The topological polar surface area (TPSA) is 45.2 Å². The van der Waals surface area contributed by atoms with Crippen molar-refractivity contribution in [2.45, 2.75) is 0 Å². The number of fused-ring (bicyclic) bond motifs is 1. The molecule has 0 unspecified atom stereocenters. The molecule has 2 N–H and O–H groups in total. The highest BCUT2D eigenvalue weighted by atomic mass is 32.1. The van der Waals surface area contributed by atoms with E-state index in [4.69, 9.17) is 0 Å². The fourth-order valence-corrected chi connectivity index (χ4v) is 2.83. The molecule has 0 saturated heterocycles. The Balaban J connectivity index is 2.10. The van der Waals surface area contributed by atoms with Crippen LogP contribution in [0.25, 0.3) is 20.8 Å².